The van der Waals surface area contributed by atoms with Gasteiger partial charge in [0.1, 0.15) is 0 Å². The van der Waals surface area contributed by atoms with E-state index in [1.165, 1.54) is 11.3 Å². The molecule has 3 rings (SSSR count). The van der Waals surface area contributed by atoms with E-state index in [4.69, 9.17) is 23.2 Å². The van der Waals surface area contributed by atoms with Crippen LogP contribution in [0, 0.1) is 0 Å². The van der Waals surface area contributed by atoms with Crippen LogP contribution >= 0.6 is 23.2 Å². The molecule has 2 aromatic rings. The van der Waals surface area contributed by atoms with Gasteiger partial charge in [-0.2, -0.15) is 0 Å². The van der Waals surface area contributed by atoms with Crippen LogP contribution in [0.3, 0.4) is 0 Å². The number of nitrogens with zero attached hydrogens (tertiary/aromatic N) is 1. The maximum absolute atomic E-state index is 6.01. The summed E-state index contributed by atoms with van der Waals surface area (Å²) in [5.74, 6) is 0. The molecule has 2 atom stereocenters. The summed E-state index contributed by atoms with van der Waals surface area (Å²) in [7, 11) is 0. The number of halogens is 2. The zero-order valence-corrected chi connectivity index (χ0v) is 13.4. The Labute approximate surface area is 135 Å². The van der Waals surface area contributed by atoms with Gasteiger partial charge in [-0.25, -0.2) is 0 Å². The zero-order valence-electron chi connectivity index (χ0n) is 11.9. The molecular weight excluding hydrogens is 303 g/mol. The number of benzene rings is 2. The Morgan fingerprint density at radius 2 is 1.48 bits per heavy atom. The highest BCUT2D eigenvalue weighted by Crippen LogP contribution is 2.32. The summed E-state index contributed by atoms with van der Waals surface area (Å²) in [6, 6.07) is 16.9. The third kappa shape index (κ3) is 3.18. The van der Waals surface area contributed by atoms with Crippen LogP contribution in [-0.4, -0.2) is 19.1 Å². The second-order valence-electron chi connectivity index (χ2n) is 5.46. The summed E-state index contributed by atoms with van der Waals surface area (Å²) in [6.07, 6.45) is 0. The zero-order chi connectivity index (χ0) is 14.8. The minimum Gasteiger partial charge on any atom is -0.359 e. The van der Waals surface area contributed by atoms with E-state index in [0.717, 1.165) is 23.1 Å². The predicted molar refractivity (Wildman–Crippen MR) is 90.5 cm³/mol. The van der Waals surface area contributed by atoms with Crippen LogP contribution < -0.4 is 10.2 Å². The van der Waals surface area contributed by atoms with Crippen LogP contribution in [0.5, 0.6) is 0 Å². The molecule has 2 aromatic carbocycles. The fraction of sp³-hybridized carbons (Fsp3) is 0.294. The molecule has 2 nitrogen and oxygen atoms in total. The highest BCUT2D eigenvalue weighted by molar-refractivity contribution is 6.30. The summed E-state index contributed by atoms with van der Waals surface area (Å²) in [6.45, 7) is 4.14. The monoisotopic (exact) mass is 320 g/mol. The molecule has 1 unspecified atom stereocenters. The Hall–Kier alpha value is -1.22. The molecule has 0 amide bonds. The summed E-state index contributed by atoms with van der Waals surface area (Å²) in [5, 5.41) is 5.05. The SMILES string of the molecule is CC1CNC[C@@H](c2ccc(Cl)cc2)N1c1ccc(Cl)cc1. The third-order valence-corrected chi connectivity index (χ3v) is 4.47. The lowest BCUT2D eigenvalue weighted by Gasteiger charge is -2.43. The molecule has 1 aliphatic rings. The fourth-order valence-corrected chi connectivity index (χ4v) is 3.20. The Morgan fingerprint density at radius 1 is 0.905 bits per heavy atom. The highest BCUT2D eigenvalue weighted by Gasteiger charge is 2.28. The summed E-state index contributed by atoms with van der Waals surface area (Å²) >= 11 is 12.0. The average molecular weight is 321 g/mol. The second-order valence-corrected chi connectivity index (χ2v) is 6.33. The van der Waals surface area contributed by atoms with E-state index in [9.17, 15) is 0 Å². The highest BCUT2D eigenvalue weighted by atomic mass is 35.5. The van der Waals surface area contributed by atoms with Crippen LogP contribution in [0.4, 0.5) is 5.69 Å². The molecule has 0 bridgehead atoms. The molecule has 0 aromatic heterocycles. The fourth-order valence-electron chi connectivity index (χ4n) is 2.94. The maximum Gasteiger partial charge on any atom is 0.0670 e. The summed E-state index contributed by atoms with van der Waals surface area (Å²) in [4.78, 5) is 2.45. The van der Waals surface area contributed by atoms with Crippen molar-refractivity contribution < 1.29 is 0 Å². The minimum absolute atomic E-state index is 0.298. The molecule has 1 N–H and O–H groups in total. The van der Waals surface area contributed by atoms with E-state index in [0.29, 0.717) is 12.1 Å². The number of rotatable bonds is 2. The van der Waals surface area contributed by atoms with Crippen LogP contribution in [0.1, 0.15) is 18.5 Å². The van der Waals surface area contributed by atoms with Crippen LogP contribution in [0.25, 0.3) is 0 Å². The Bertz CT molecular complexity index is 595. The van der Waals surface area contributed by atoms with E-state index in [-0.39, 0.29) is 0 Å². The maximum atomic E-state index is 6.01. The molecule has 0 radical (unpaired) electrons. The second kappa shape index (κ2) is 6.27. The first kappa shape index (κ1) is 14.7. The first-order chi connectivity index (χ1) is 10.1. The normalized spacial score (nSPS) is 22.3. The molecule has 110 valence electrons. The molecule has 21 heavy (non-hydrogen) atoms. The molecule has 1 heterocycles. The van der Waals surface area contributed by atoms with Gasteiger partial charge in [-0.15, -0.1) is 0 Å². The summed E-state index contributed by atoms with van der Waals surface area (Å²) in [5.41, 5.74) is 2.47. The Morgan fingerprint density at radius 3 is 2.10 bits per heavy atom. The molecule has 0 spiro atoms. The topological polar surface area (TPSA) is 15.3 Å². The van der Waals surface area contributed by atoms with E-state index in [2.05, 4.69) is 41.4 Å². The minimum atomic E-state index is 0.298. The standard InChI is InChI=1S/C17H18Cl2N2/c1-12-10-20-11-17(13-2-4-14(18)5-3-13)21(12)16-8-6-15(19)7-9-16/h2-9,12,17,20H,10-11H2,1H3/t12?,17-/m0/s1. The molecule has 0 aliphatic carbocycles. The van der Waals surface area contributed by atoms with Crippen molar-refractivity contribution >= 4 is 28.9 Å². The third-order valence-electron chi connectivity index (χ3n) is 3.97. The molecular formula is C17H18Cl2N2. The number of hydrogen-bond acceptors (Lipinski definition) is 2. The van der Waals surface area contributed by atoms with Gasteiger partial charge in [-0.05, 0) is 48.9 Å². The lowest BCUT2D eigenvalue weighted by molar-refractivity contribution is 0.422. The lowest BCUT2D eigenvalue weighted by atomic mass is 9.99. The Balaban J connectivity index is 1.96. The largest absolute Gasteiger partial charge is 0.359 e. The van der Waals surface area contributed by atoms with Gasteiger partial charge in [0.2, 0.25) is 0 Å². The van der Waals surface area contributed by atoms with Crippen LogP contribution in [-0.2, 0) is 0 Å². The smallest absolute Gasteiger partial charge is 0.0670 e. The van der Waals surface area contributed by atoms with Gasteiger partial charge in [-0.3, -0.25) is 0 Å². The lowest BCUT2D eigenvalue weighted by Crippen LogP contribution is -2.51. The first-order valence-corrected chi connectivity index (χ1v) is 7.91. The van der Waals surface area contributed by atoms with Crippen molar-refractivity contribution in [2.75, 3.05) is 18.0 Å². The predicted octanol–water partition coefficient (Wildman–Crippen LogP) is 4.53. The van der Waals surface area contributed by atoms with Crippen molar-refractivity contribution in [1.29, 1.82) is 0 Å². The molecule has 1 saturated heterocycles. The molecule has 1 aliphatic heterocycles. The van der Waals surface area contributed by atoms with Crippen molar-refractivity contribution in [2.24, 2.45) is 0 Å². The van der Waals surface area contributed by atoms with Gasteiger partial charge in [0.05, 0.1) is 6.04 Å². The Kier molecular flexibility index (Phi) is 4.39. The van der Waals surface area contributed by atoms with Crippen molar-refractivity contribution in [3.05, 3.63) is 64.1 Å². The van der Waals surface area contributed by atoms with Gasteiger partial charge < -0.3 is 10.2 Å². The quantitative estimate of drug-likeness (QED) is 0.874. The van der Waals surface area contributed by atoms with Crippen molar-refractivity contribution in [3.8, 4) is 0 Å². The van der Waals surface area contributed by atoms with Gasteiger partial charge in [0.25, 0.3) is 0 Å². The summed E-state index contributed by atoms with van der Waals surface area (Å²) < 4.78 is 0. The van der Waals surface area contributed by atoms with Crippen molar-refractivity contribution in [1.82, 2.24) is 5.32 Å². The molecule has 4 heteroatoms. The van der Waals surface area contributed by atoms with E-state index < -0.39 is 0 Å². The van der Waals surface area contributed by atoms with Gasteiger partial charge in [0.15, 0.2) is 0 Å². The average Bonchev–Trinajstić information content (AvgIpc) is 2.49. The van der Waals surface area contributed by atoms with Crippen LogP contribution in [0.15, 0.2) is 48.5 Å². The van der Waals surface area contributed by atoms with Crippen LogP contribution in [0.2, 0.25) is 10.0 Å². The van der Waals surface area contributed by atoms with Crippen molar-refractivity contribution in [2.45, 2.75) is 19.0 Å². The van der Waals surface area contributed by atoms with E-state index in [1.807, 2.05) is 24.3 Å². The van der Waals surface area contributed by atoms with Gasteiger partial charge in [0, 0.05) is 34.9 Å². The van der Waals surface area contributed by atoms with Gasteiger partial charge in [-0.1, -0.05) is 35.3 Å². The van der Waals surface area contributed by atoms with Crippen molar-refractivity contribution in [3.63, 3.8) is 0 Å². The number of hydrogen-bond donors (Lipinski definition) is 1. The van der Waals surface area contributed by atoms with E-state index in [1.54, 1.807) is 0 Å². The first-order valence-electron chi connectivity index (χ1n) is 7.15. The van der Waals surface area contributed by atoms with Gasteiger partial charge >= 0.3 is 0 Å². The number of nitrogens with one attached hydrogen (secondary N) is 1. The molecule has 1 fully saturated rings. The van der Waals surface area contributed by atoms with E-state index >= 15 is 0 Å². The molecule has 0 saturated carbocycles. The number of anilines is 1. The number of piperazine rings is 1.